The molecule has 0 radical (unpaired) electrons. The molecule has 0 saturated carbocycles. The molecule has 5 nitrogen and oxygen atoms in total. The average Bonchev–Trinajstić information content (AvgIpc) is 2.37. The molecule has 0 amide bonds. The molecular weight excluding hydrogens is 333 g/mol. The van der Waals surface area contributed by atoms with Gasteiger partial charge in [-0.25, -0.2) is 4.39 Å². The van der Waals surface area contributed by atoms with Crippen molar-refractivity contribution in [3.8, 4) is 11.5 Å². The summed E-state index contributed by atoms with van der Waals surface area (Å²) in [5.74, 6) is -0.501. The number of halogens is 2. The van der Waals surface area contributed by atoms with Gasteiger partial charge in [-0.1, -0.05) is 15.9 Å². The van der Waals surface area contributed by atoms with Gasteiger partial charge in [0.25, 0.3) is 0 Å². The van der Waals surface area contributed by atoms with Crippen LogP contribution in [0.2, 0.25) is 0 Å². The van der Waals surface area contributed by atoms with E-state index in [0.717, 1.165) is 12.1 Å². The first-order valence-electron chi connectivity index (χ1n) is 5.37. The number of nitro benzene ring substituents is 1. The standard InChI is InChI=1S/C13H7BrFNO4/c14-9-4-10(15)6-11(5-9)20-13-2-1-8(7-17)3-12(13)16(18)19/h1-7H. The van der Waals surface area contributed by atoms with Crippen LogP contribution in [0.3, 0.4) is 0 Å². The van der Waals surface area contributed by atoms with Crippen LogP contribution in [0.4, 0.5) is 10.1 Å². The highest BCUT2D eigenvalue weighted by Crippen LogP contribution is 2.33. The first kappa shape index (κ1) is 14.1. The third-order valence-electron chi connectivity index (χ3n) is 2.38. The summed E-state index contributed by atoms with van der Waals surface area (Å²) in [4.78, 5) is 20.9. The van der Waals surface area contributed by atoms with Gasteiger partial charge in [-0.05, 0) is 24.3 Å². The normalized spacial score (nSPS) is 10.1. The molecule has 0 bridgehead atoms. The maximum absolute atomic E-state index is 13.2. The van der Waals surface area contributed by atoms with Crippen molar-refractivity contribution in [2.75, 3.05) is 0 Å². The number of carbonyl (C=O) groups excluding carboxylic acids is 1. The van der Waals surface area contributed by atoms with E-state index in [4.69, 9.17) is 4.74 Å². The number of hydrogen-bond acceptors (Lipinski definition) is 4. The monoisotopic (exact) mass is 339 g/mol. The Morgan fingerprint density at radius 3 is 2.60 bits per heavy atom. The molecule has 7 heteroatoms. The Morgan fingerprint density at radius 2 is 2.00 bits per heavy atom. The maximum Gasteiger partial charge on any atom is 0.312 e. The minimum absolute atomic E-state index is 0.0712. The zero-order valence-electron chi connectivity index (χ0n) is 9.88. The van der Waals surface area contributed by atoms with Crippen molar-refractivity contribution in [2.45, 2.75) is 0 Å². The quantitative estimate of drug-likeness (QED) is 0.477. The molecule has 2 aromatic carbocycles. The zero-order chi connectivity index (χ0) is 14.7. The van der Waals surface area contributed by atoms with Crippen LogP contribution in [0.25, 0.3) is 0 Å². The molecule has 0 heterocycles. The second kappa shape index (κ2) is 5.79. The second-order valence-corrected chi connectivity index (χ2v) is 4.73. The van der Waals surface area contributed by atoms with E-state index in [1.165, 1.54) is 24.3 Å². The van der Waals surface area contributed by atoms with Crippen LogP contribution < -0.4 is 4.74 Å². The summed E-state index contributed by atoms with van der Waals surface area (Å²) in [5.41, 5.74) is -0.209. The first-order chi connectivity index (χ1) is 9.49. The Bertz CT molecular complexity index is 670. The average molecular weight is 340 g/mol. The minimum atomic E-state index is -0.670. The fourth-order valence-electron chi connectivity index (χ4n) is 1.55. The van der Waals surface area contributed by atoms with Gasteiger partial charge in [-0.2, -0.15) is 0 Å². The topological polar surface area (TPSA) is 69.4 Å². The molecule has 20 heavy (non-hydrogen) atoms. The Morgan fingerprint density at radius 1 is 1.25 bits per heavy atom. The third kappa shape index (κ3) is 3.18. The lowest BCUT2D eigenvalue weighted by molar-refractivity contribution is -0.385. The highest BCUT2D eigenvalue weighted by molar-refractivity contribution is 9.10. The van der Waals surface area contributed by atoms with E-state index in [9.17, 15) is 19.3 Å². The van der Waals surface area contributed by atoms with Gasteiger partial charge in [0.15, 0.2) is 0 Å². The summed E-state index contributed by atoms with van der Waals surface area (Å²) in [6.07, 6.45) is 0.496. The summed E-state index contributed by atoms with van der Waals surface area (Å²) in [6, 6.07) is 7.57. The number of ether oxygens (including phenoxy) is 1. The van der Waals surface area contributed by atoms with Crippen LogP contribution in [-0.2, 0) is 0 Å². The van der Waals surface area contributed by atoms with Crippen molar-refractivity contribution < 1.29 is 18.8 Å². The molecule has 0 aromatic heterocycles. The maximum atomic E-state index is 13.2. The van der Waals surface area contributed by atoms with Crippen LogP contribution in [-0.4, -0.2) is 11.2 Å². The van der Waals surface area contributed by atoms with E-state index in [0.29, 0.717) is 10.8 Å². The van der Waals surface area contributed by atoms with Gasteiger partial charge in [-0.15, -0.1) is 0 Å². The van der Waals surface area contributed by atoms with Gasteiger partial charge < -0.3 is 4.74 Å². The number of hydrogen-bond donors (Lipinski definition) is 0. The molecular formula is C13H7BrFNO4. The molecule has 0 saturated heterocycles. The molecule has 102 valence electrons. The van der Waals surface area contributed by atoms with Gasteiger partial charge in [0.1, 0.15) is 17.9 Å². The van der Waals surface area contributed by atoms with E-state index >= 15 is 0 Å². The number of nitrogens with zero attached hydrogens (tertiary/aromatic N) is 1. The van der Waals surface area contributed by atoms with Crippen LogP contribution >= 0.6 is 15.9 Å². The number of benzene rings is 2. The zero-order valence-corrected chi connectivity index (χ0v) is 11.5. The number of carbonyl (C=O) groups is 1. The molecule has 0 aliphatic carbocycles. The molecule has 2 rings (SSSR count). The summed E-state index contributed by atoms with van der Waals surface area (Å²) in [6.45, 7) is 0. The fourth-order valence-corrected chi connectivity index (χ4v) is 2.00. The number of nitro groups is 1. The van der Waals surface area contributed by atoms with Crippen molar-refractivity contribution in [3.63, 3.8) is 0 Å². The molecule has 0 unspecified atom stereocenters. The predicted molar refractivity (Wildman–Crippen MR) is 72.7 cm³/mol. The van der Waals surface area contributed by atoms with E-state index in [1.54, 1.807) is 0 Å². The highest BCUT2D eigenvalue weighted by atomic mass is 79.9. The Balaban J connectivity index is 2.42. The summed E-state index contributed by atoms with van der Waals surface area (Å²) >= 11 is 3.10. The molecule has 0 N–H and O–H groups in total. The highest BCUT2D eigenvalue weighted by Gasteiger charge is 2.17. The molecule has 0 fully saturated rings. The van der Waals surface area contributed by atoms with Crippen molar-refractivity contribution in [2.24, 2.45) is 0 Å². The van der Waals surface area contributed by atoms with Crippen LogP contribution in [0.5, 0.6) is 11.5 Å². The number of aldehydes is 1. The predicted octanol–water partition coefficient (Wildman–Crippen LogP) is 4.10. The largest absolute Gasteiger partial charge is 0.450 e. The Kier molecular flexibility index (Phi) is 4.09. The van der Waals surface area contributed by atoms with Crippen molar-refractivity contribution in [3.05, 3.63) is 62.4 Å². The van der Waals surface area contributed by atoms with Crippen molar-refractivity contribution >= 4 is 27.9 Å². The van der Waals surface area contributed by atoms with Gasteiger partial charge in [0.05, 0.1) is 4.92 Å². The number of rotatable bonds is 4. The van der Waals surface area contributed by atoms with Crippen LogP contribution in [0.1, 0.15) is 10.4 Å². The molecule has 0 aliphatic rings. The Labute approximate surface area is 121 Å². The van der Waals surface area contributed by atoms with Crippen molar-refractivity contribution in [1.29, 1.82) is 0 Å². The van der Waals surface area contributed by atoms with Crippen LogP contribution in [0, 0.1) is 15.9 Å². The fraction of sp³-hybridized carbons (Fsp3) is 0. The van der Waals surface area contributed by atoms with E-state index in [-0.39, 0.29) is 22.7 Å². The summed E-state index contributed by atoms with van der Waals surface area (Å²) in [5, 5.41) is 10.9. The Hall–Kier alpha value is -2.28. The minimum Gasteiger partial charge on any atom is -0.450 e. The van der Waals surface area contributed by atoms with Gasteiger partial charge >= 0.3 is 5.69 Å². The van der Waals surface area contributed by atoms with E-state index in [1.807, 2.05) is 0 Å². The lowest BCUT2D eigenvalue weighted by Gasteiger charge is -2.07. The summed E-state index contributed by atoms with van der Waals surface area (Å²) in [7, 11) is 0. The SMILES string of the molecule is O=Cc1ccc(Oc2cc(F)cc(Br)c2)c([N+](=O)[O-])c1. The van der Waals surface area contributed by atoms with Gasteiger partial charge in [-0.3, -0.25) is 14.9 Å². The summed E-state index contributed by atoms with van der Waals surface area (Å²) < 4.78 is 19.0. The molecule has 2 aromatic rings. The molecule has 0 spiro atoms. The molecule has 0 aliphatic heterocycles. The lowest BCUT2D eigenvalue weighted by atomic mass is 10.2. The second-order valence-electron chi connectivity index (χ2n) is 3.81. The van der Waals surface area contributed by atoms with Crippen LogP contribution in [0.15, 0.2) is 40.9 Å². The third-order valence-corrected chi connectivity index (χ3v) is 2.84. The smallest absolute Gasteiger partial charge is 0.312 e. The van der Waals surface area contributed by atoms with E-state index in [2.05, 4.69) is 15.9 Å². The first-order valence-corrected chi connectivity index (χ1v) is 6.16. The molecule has 0 atom stereocenters. The van der Waals surface area contributed by atoms with Gasteiger partial charge in [0, 0.05) is 22.2 Å². The van der Waals surface area contributed by atoms with Crippen molar-refractivity contribution in [1.82, 2.24) is 0 Å². The van der Waals surface area contributed by atoms with Gasteiger partial charge in [0.2, 0.25) is 5.75 Å². The lowest BCUT2D eigenvalue weighted by Crippen LogP contribution is -1.95. The van der Waals surface area contributed by atoms with E-state index < -0.39 is 10.7 Å².